The first kappa shape index (κ1) is 13.1. The molecule has 0 amide bonds. The smallest absolute Gasteiger partial charge is 0.374 e. The molecule has 0 aliphatic carbocycles. The third-order valence-corrected chi connectivity index (χ3v) is 2.54. The summed E-state index contributed by atoms with van der Waals surface area (Å²) in [6.07, 6.45) is 0. The van der Waals surface area contributed by atoms with Gasteiger partial charge in [0.05, 0.1) is 12.0 Å². The predicted octanol–water partition coefficient (Wildman–Crippen LogP) is 2.19. The molecule has 0 unspecified atom stereocenters. The number of benzene rings is 1. The SMILES string of the molecule is CC(C)COC(=O)c1cc(=O)c2c(N)cccc2o1. The van der Waals surface area contributed by atoms with Crippen LogP contribution in [0.4, 0.5) is 5.69 Å². The molecule has 0 spiro atoms. The lowest BCUT2D eigenvalue weighted by molar-refractivity contribution is 0.0423. The van der Waals surface area contributed by atoms with Crippen molar-refractivity contribution in [2.24, 2.45) is 5.92 Å². The van der Waals surface area contributed by atoms with Crippen molar-refractivity contribution in [3.63, 3.8) is 0 Å². The average Bonchev–Trinajstić information content (AvgIpc) is 2.35. The molecule has 2 N–H and O–H groups in total. The Morgan fingerprint density at radius 3 is 2.84 bits per heavy atom. The van der Waals surface area contributed by atoms with Crippen LogP contribution in [-0.4, -0.2) is 12.6 Å². The van der Waals surface area contributed by atoms with Crippen LogP contribution in [0.2, 0.25) is 0 Å². The van der Waals surface area contributed by atoms with Crippen molar-refractivity contribution in [1.29, 1.82) is 0 Å². The first-order chi connectivity index (χ1) is 8.99. The van der Waals surface area contributed by atoms with Crippen LogP contribution in [0.3, 0.4) is 0 Å². The van der Waals surface area contributed by atoms with E-state index in [-0.39, 0.29) is 34.7 Å². The molecule has 0 aliphatic rings. The summed E-state index contributed by atoms with van der Waals surface area (Å²) in [5.74, 6) is -0.536. The van der Waals surface area contributed by atoms with E-state index >= 15 is 0 Å². The fourth-order valence-electron chi connectivity index (χ4n) is 1.65. The quantitative estimate of drug-likeness (QED) is 0.676. The molecule has 100 valence electrons. The summed E-state index contributed by atoms with van der Waals surface area (Å²) in [5.41, 5.74) is 5.96. The molecule has 0 fully saturated rings. The van der Waals surface area contributed by atoms with Gasteiger partial charge in [-0.25, -0.2) is 4.79 Å². The standard InChI is InChI=1S/C14H15NO4/c1-8(2)7-18-14(17)12-6-10(16)13-9(15)4-3-5-11(13)19-12/h3-6,8H,7,15H2,1-2H3. The Morgan fingerprint density at radius 1 is 1.42 bits per heavy atom. The highest BCUT2D eigenvalue weighted by molar-refractivity contribution is 5.92. The van der Waals surface area contributed by atoms with E-state index in [1.807, 2.05) is 13.8 Å². The van der Waals surface area contributed by atoms with E-state index < -0.39 is 5.97 Å². The van der Waals surface area contributed by atoms with Gasteiger partial charge in [0.2, 0.25) is 5.76 Å². The molecule has 19 heavy (non-hydrogen) atoms. The lowest BCUT2D eigenvalue weighted by atomic mass is 10.2. The van der Waals surface area contributed by atoms with Crippen LogP contribution >= 0.6 is 0 Å². The molecule has 0 saturated carbocycles. The number of hydrogen-bond donors (Lipinski definition) is 1. The minimum absolute atomic E-state index is 0.108. The first-order valence-corrected chi connectivity index (χ1v) is 5.98. The van der Waals surface area contributed by atoms with Crippen molar-refractivity contribution in [3.8, 4) is 0 Å². The lowest BCUT2D eigenvalue weighted by Crippen LogP contribution is -2.13. The number of esters is 1. The number of fused-ring (bicyclic) bond motifs is 1. The van der Waals surface area contributed by atoms with Gasteiger partial charge >= 0.3 is 5.97 Å². The Hall–Kier alpha value is -2.30. The van der Waals surface area contributed by atoms with Crippen molar-refractivity contribution in [3.05, 3.63) is 40.2 Å². The third kappa shape index (κ3) is 2.76. The van der Waals surface area contributed by atoms with Gasteiger partial charge in [-0.2, -0.15) is 0 Å². The van der Waals surface area contributed by atoms with E-state index in [4.69, 9.17) is 14.9 Å². The molecular weight excluding hydrogens is 246 g/mol. The zero-order chi connectivity index (χ0) is 14.0. The number of anilines is 1. The molecule has 5 nitrogen and oxygen atoms in total. The summed E-state index contributed by atoms with van der Waals surface area (Å²) in [5, 5.41) is 0.280. The van der Waals surface area contributed by atoms with E-state index in [2.05, 4.69) is 0 Å². The molecule has 2 rings (SSSR count). The predicted molar refractivity (Wildman–Crippen MR) is 72.0 cm³/mol. The van der Waals surface area contributed by atoms with Gasteiger partial charge in [0, 0.05) is 11.8 Å². The fourth-order valence-corrected chi connectivity index (χ4v) is 1.65. The number of nitrogens with two attached hydrogens (primary N) is 1. The molecule has 1 aromatic carbocycles. The Labute approximate surface area is 110 Å². The normalized spacial score (nSPS) is 10.9. The Kier molecular flexibility index (Phi) is 3.55. The largest absolute Gasteiger partial charge is 0.460 e. The molecule has 0 radical (unpaired) electrons. The van der Waals surface area contributed by atoms with Gasteiger partial charge in [0.1, 0.15) is 5.58 Å². The van der Waals surface area contributed by atoms with Gasteiger partial charge in [-0.05, 0) is 18.1 Å². The topological polar surface area (TPSA) is 82.5 Å². The fraction of sp³-hybridized carbons (Fsp3) is 0.286. The summed E-state index contributed by atoms with van der Waals surface area (Å²) in [6.45, 7) is 4.12. The summed E-state index contributed by atoms with van der Waals surface area (Å²) >= 11 is 0. The van der Waals surface area contributed by atoms with Crippen LogP contribution in [0.15, 0.2) is 33.5 Å². The van der Waals surface area contributed by atoms with Gasteiger partial charge in [-0.15, -0.1) is 0 Å². The van der Waals surface area contributed by atoms with E-state index in [1.54, 1.807) is 18.2 Å². The van der Waals surface area contributed by atoms with E-state index in [0.29, 0.717) is 5.69 Å². The number of carbonyl (C=O) groups excluding carboxylic acids is 1. The van der Waals surface area contributed by atoms with E-state index in [9.17, 15) is 9.59 Å². The monoisotopic (exact) mass is 261 g/mol. The minimum Gasteiger partial charge on any atom is -0.460 e. The highest BCUT2D eigenvalue weighted by Gasteiger charge is 2.15. The van der Waals surface area contributed by atoms with Crippen LogP contribution in [0.25, 0.3) is 11.0 Å². The summed E-state index contributed by atoms with van der Waals surface area (Å²) < 4.78 is 10.4. The van der Waals surface area contributed by atoms with E-state index in [0.717, 1.165) is 6.07 Å². The molecule has 0 bridgehead atoms. The first-order valence-electron chi connectivity index (χ1n) is 5.98. The Balaban J connectivity index is 2.41. The van der Waals surface area contributed by atoms with Gasteiger partial charge in [0.15, 0.2) is 5.43 Å². The van der Waals surface area contributed by atoms with Crippen molar-refractivity contribution in [1.82, 2.24) is 0 Å². The van der Waals surface area contributed by atoms with E-state index in [1.165, 1.54) is 0 Å². The molecule has 0 saturated heterocycles. The molecule has 0 atom stereocenters. The average molecular weight is 261 g/mol. The molecular formula is C14H15NO4. The molecule has 1 aromatic heterocycles. The Morgan fingerprint density at radius 2 is 2.16 bits per heavy atom. The van der Waals surface area contributed by atoms with Crippen LogP contribution in [0.1, 0.15) is 24.4 Å². The second-order valence-electron chi connectivity index (χ2n) is 4.69. The number of hydrogen-bond acceptors (Lipinski definition) is 5. The molecule has 5 heteroatoms. The second-order valence-corrected chi connectivity index (χ2v) is 4.69. The zero-order valence-corrected chi connectivity index (χ0v) is 10.8. The third-order valence-electron chi connectivity index (χ3n) is 2.54. The zero-order valence-electron chi connectivity index (χ0n) is 10.8. The molecule has 0 aliphatic heterocycles. The van der Waals surface area contributed by atoms with Crippen molar-refractivity contribution >= 4 is 22.6 Å². The number of nitrogen functional groups attached to an aromatic ring is 1. The minimum atomic E-state index is -0.643. The molecule has 1 heterocycles. The summed E-state index contributed by atoms with van der Waals surface area (Å²) in [4.78, 5) is 23.7. The van der Waals surface area contributed by atoms with Crippen molar-refractivity contribution in [2.75, 3.05) is 12.3 Å². The summed E-state index contributed by atoms with van der Waals surface area (Å²) in [7, 11) is 0. The maximum atomic E-state index is 11.9. The van der Waals surface area contributed by atoms with Gasteiger partial charge in [0.25, 0.3) is 0 Å². The van der Waals surface area contributed by atoms with Crippen LogP contribution in [0.5, 0.6) is 0 Å². The van der Waals surface area contributed by atoms with Gasteiger partial charge < -0.3 is 14.9 Å². The van der Waals surface area contributed by atoms with Crippen molar-refractivity contribution in [2.45, 2.75) is 13.8 Å². The maximum Gasteiger partial charge on any atom is 0.374 e. The number of carbonyl (C=O) groups is 1. The van der Waals surface area contributed by atoms with Gasteiger partial charge in [-0.3, -0.25) is 4.79 Å². The molecule has 2 aromatic rings. The number of rotatable bonds is 3. The van der Waals surface area contributed by atoms with Crippen molar-refractivity contribution < 1.29 is 13.9 Å². The van der Waals surface area contributed by atoms with Crippen LogP contribution in [0, 0.1) is 5.92 Å². The Bertz CT molecular complexity index is 673. The lowest BCUT2D eigenvalue weighted by Gasteiger charge is -2.07. The summed E-state index contributed by atoms with van der Waals surface area (Å²) in [6, 6.07) is 5.97. The van der Waals surface area contributed by atoms with Crippen LogP contribution in [-0.2, 0) is 4.74 Å². The highest BCUT2D eigenvalue weighted by atomic mass is 16.5. The number of ether oxygens (including phenoxy) is 1. The maximum absolute atomic E-state index is 11.9. The second kappa shape index (κ2) is 5.14. The van der Waals surface area contributed by atoms with Gasteiger partial charge in [-0.1, -0.05) is 19.9 Å². The van der Waals surface area contributed by atoms with Crippen LogP contribution < -0.4 is 11.2 Å². The highest BCUT2D eigenvalue weighted by Crippen LogP contribution is 2.18.